The van der Waals surface area contributed by atoms with Crippen LogP contribution in [0.25, 0.3) is 0 Å². The minimum absolute atomic E-state index is 0.184. The molecular weight excluding hydrogens is 329 g/mol. The first-order chi connectivity index (χ1) is 11.4. The number of benzene rings is 1. The highest BCUT2D eigenvalue weighted by Gasteiger charge is 2.29. The van der Waals surface area contributed by atoms with E-state index in [1.165, 1.54) is 16.4 Å². The second kappa shape index (κ2) is 6.86. The first-order valence-corrected chi connectivity index (χ1v) is 9.35. The zero-order valence-electron chi connectivity index (χ0n) is 13.4. The fourth-order valence-electron chi connectivity index (χ4n) is 2.99. The number of nitrogens with zero attached hydrogens (tertiary/aromatic N) is 2. The van der Waals surface area contributed by atoms with E-state index in [9.17, 15) is 12.8 Å². The van der Waals surface area contributed by atoms with Crippen LogP contribution < -0.4 is 4.72 Å². The van der Waals surface area contributed by atoms with E-state index in [0.717, 1.165) is 11.3 Å². The van der Waals surface area contributed by atoms with E-state index in [1.807, 2.05) is 19.1 Å². The second-order valence-electron chi connectivity index (χ2n) is 6.00. The maximum Gasteiger partial charge on any atom is 0.302 e. The quantitative estimate of drug-likeness (QED) is 0.923. The van der Waals surface area contributed by atoms with Crippen LogP contribution in [0.15, 0.2) is 42.5 Å². The Balaban J connectivity index is 1.65. The minimum Gasteiger partial charge on any atom is -0.254 e. The predicted molar refractivity (Wildman–Crippen MR) is 91.5 cm³/mol. The number of anilines is 1. The summed E-state index contributed by atoms with van der Waals surface area (Å²) in [5, 5.41) is 0. The van der Waals surface area contributed by atoms with Crippen molar-refractivity contribution in [3.8, 4) is 0 Å². The third kappa shape index (κ3) is 3.91. The van der Waals surface area contributed by atoms with E-state index >= 15 is 0 Å². The van der Waals surface area contributed by atoms with E-state index in [0.29, 0.717) is 31.7 Å². The Labute approximate surface area is 141 Å². The molecule has 128 valence electrons. The Morgan fingerprint density at radius 2 is 1.88 bits per heavy atom. The highest BCUT2D eigenvalue weighted by molar-refractivity contribution is 7.90. The molecule has 0 saturated carbocycles. The van der Waals surface area contributed by atoms with Gasteiger partial charge in [0.15, 0.2) is 0 Å². The molecule has 0 unspecified atom stereocenters. The molecule has 0 spiro atoms. The molecule has 1 aliphatic heterocycles. The Morgan fingerprint density at radius 1 is 1.17 bits per heavy atom. The van der Waals surface area contributed by atoms with Gasteiger partial charge in [0.05, 0.1) is 0 Å². The van der Waals surface area contributed by atoms with Crippen LogP contribution in [0, 0.1) is 12.7 Å². The number of halogens is 1. The van der Waals surface area contributed by atoms with Crippen molar-refractivity contribution in [2.75, 3.05) is 17.8 Å². The molecule has 7 heteroatoms. The SMILES string of the molecule is Cc1cccc(NS(=O)(=O)N2CCC(c3cccc(F)c3)CC2)n1. The van der Waals surface area contributed by atoms with Crippen molar-refractivity contribution in [2.45, 2.75) is 25.7 Å². The maximum absolute atomic E-state index is 13.3. The molecule has 0 radical (unpaired) electrons. The molecule has 5 nitrogen and oxygen atoms in total. The molecule has 3 rings (SSSR count). The van der Waals surface area contributed by atoms with E-state index in [1.54, 1.807) is 18.2 Å². The average molecular weight is 349 g/mol. The summed E-state index contributed by atoms with van der Waals surface area (Å²) >= 11 is 0. The normalized spacial score (nSPS) is 16.9. The topological polar surface area (TPSA) is 62.3 Å². The summed E-state index contributed by atoms with van der Waals surface area (Å²) in [6.07, 6.45) is 1.34. The monoisotopic (exact) mass is 349 g/mol. The molecule has 2 heterocycles. The number of aromatic nitrogens is 1. The lowest BCUT2D eigenvalue weighted by Crippen LogP contribution is -2.41. The Hall–Kier alpha value is -1.99. The lowest BCUT2D eigenvalue weighted by Gasteiger charge is -2.31. The molecule has 2 aromatic rings. The number of hydrogen-bond acceptors (Lipinski definition) is 3. The number of hydrogen-bond donors (Lipinski definition) is 1. The van der Waals surface area contributed by atoms with Crippen molar-refractivity contribution in [2.24, 2.45) is 0 Å². The van der Waals surface area contributed by atoms with Gasteiger partial charge in [-0.1, -0.05) is 18.2 Å². The Bertz CT molecular complexity index is 818. The molecule has 1 aromatic carbocycles. The molecule has 0 aliphatic carbocycles. The van der Waals surface area contributed by atoms with Crippen molar-refractivity contribution >= 4 is 16.0 Å². The largest absolute Gasteiger partial charge is 0.302 e. The highest BCUT2D eigenvalue weighted by Crippen LogP contribution is 2.29. The van der Waals surface area contributed by atoms with Gasteiger partial charge >= 0.3 is 10.2 Å². The van der Waals surface area contributed by atoms with Crippen LogP contribution in [-0.2, 0) is 10.2 Å². The lowest BCUT2D eigenvalue weighted by atomic mass is 9.90. The summed E-state index contributed by atoms with van der Waals surface area (Å²) in [7, 11) is -3.62. The molecular formula is C17H20FN3O2S. The van der Waals surface area contributed by atoms with Crippen molar-refractivity contribution in [3.63, 3.8) is 0 Å². The fraction of sp³-hybridized carbons (Fsp3) is 0.353. The van der Waals surface area contributed by atoms with Gasteiger partial charge in [0, 0.05) is 18.8 Å². The van der Waals surface area contributed by atoms with E-state index in [4.69, 9.17) is 0 Å². The summed E-state index contributed by atoms with van der Waals surface area (Å²) in [4.78, 5) is 4.17. The number of piperidine rings is 1. The van der Waals surface area contributed by atoms with E-state index in [2.05, 4.69) is 9.71 Å². The van der Waals surface area contributed by atoms with Crippen molar-refractivity contribution < 1.29 is 12.8 Å². The maximum atomic E-state index is 13.3. The van der Waals surface area contributed by atoms with Gasteiger partial charge in [-0.05, 0) is 55.5 Å². The second-order valence-corrected chi connectivity index (χ2v) is 7.67. The molecule has 24 heavy (non-hydrogen) atoms. The van der Waals surface area contributed by atoms with Gasteiger partial charge in [-0.15, -0.1) is 0 Å². The Morgan fingerprint density at radius 3 is 2.54 bits per heavy atom. The minimum atomic E-state index is -3.62. The number of aryl methyl sites for hydroxylation is 1. The number of nitrogens with one attached hydrogen (secondary N) is 1. The molecule has 1 aromatic heterocycles. The molecule has 0 atom stereocenters. The van der Waals surface area contributed by atoms with Gasteiger partial charge in [0.1, 0.15) is 11.6 Å². The summed E-state index contributed by atoms with van der Waals surface area (Å²) in [5.74, 6) is 0.251. The molecule has 0 bridgehead atoms. The van der Waals surface area contributed by atoms with Crippen LogP contribution in [0.3, 0.4) is 0 Å². The Kier molecular flexibility index (Phi) is 4.82. The van der Waals surface area contributed by atoms with Gasteiger partial charge in [0.25, 0.3) is 0 Å². The third-order valence-corrected chi connectivity index (χ3v) is 5.75. The smallest absolute Gasteiger partial charge is 0.254 e. The fourth-order valence-corrected chi connectivity index (χ4v) is 4.19. The van der Waals surface area contributed by atoms with Crippen molar-refractivity contribution in [1.29, 1.82) is 0 Å². The van der Waals surface area contributed by atoms with Gasteiger partial charge in [-0.2, -0.15) is 12.7 Å². The average Bonchev–Trinajstić information content (AvgIpc) is 2.54. The van der Waals surface area contributed by atoms with Gasteiger partial charge in [0.2, 0.25) is 0 Å². The van der Waals surface area contributed by atoms with E-state index < -0.39 is 10.2 Å². The van der Waals surface area contributed by atoms with E-state index in [-0.39, 0.29) is 11.7 Å². The molecule has 1 N–H and O–H groups in total. The van der Waals surface area contributed by atoms with Crippen LogP contribution in [0.5, 0.6) is 0 Å². The first kappa shape index (κ1) is 16.9. The van der Waals surface area contributed by atoms with Gasteiger partial charge in [-0.25, -0.2) is 9.37 Å². The summed E-state index contributed by atoms with van der Waals surface area (Å²) < 4.78 is 42.2. The van der Waals surface area contributed by atoms with Gasteiger partial charge < -0.3 is 0 Å². The van der Waals surface area contributed by atoms with Crippen LogP contribution in [-0.4, -0.2) is 30.8 Å². The number of rotatable bonds is 4. The third-order valence-electron chi connectivity index (χ3n) is 4.24. The van der Waals surface area contributed by atoms with Gasteiger partial charge in [-0.3, -0.25) is 4.72 Å². The van der Waals surface area contributed by atoms with Crippen LogP contribution >= 0.6 is 0 Å². The van der Waals surface area contributed by atoms with Crippen molar-refractivity contribution in [3.05, 3.63) is 59.5 Å². The lowest BCUT2D eigenvalue weighted by molar-refractivity contribution is 0.321. The number of pyridine rings is 1. The molecule has 1 saturated heterocycles. The van der Waals surface area contributed by atoms with Crippen LogP contribution in [0.4, 0.5) is 10.2 Å². The molecule has 1 fully saturated rings. The molecule has 1 aliphatic rings. The molecule has 0 amide bonds. The summed E-state index contributed by atoms with van der Waals surface area (Å²) in [6, 6.07) is 11.7. The van der Waals surface area contributed by atoms with Crippen molar-refractivity contribution in [1.82, 2.24) is 9.29 Å². The zero-order chi connectivity index (χ0) is 17.2. The highest BCUT2D eigenvalue weighted by atomic mass is 32.2. The summed E-state index contributed by atoms with van der Waals surface area (Å²) in [6.45, 7) is 2.62. The zero-order valence-corrected chi connectivity index (χ0v) is 14.3. The van der Waals surface area contributed by atoms with Crippen LogP contribution in [0.1, 0.15) is 30.0 Å². The predicted octanol–water partition coefficient (Wildman–Crippen LogP) is 3.07. The standard InChI is InChI=1S/C17H20FN3O2S/c1-13-4-2-7-17(19-13)20-24(22,23)21-10-8-14(9-11-21)15-5-3-6-16(18)12-15/h2-7,12,14H,8-11H2,1H3,(H,19,20). The summed E-state index contributed by atoms with van der Waals surface area (Å²) in [5.41, 5.74) is 1.68. The van der Waals surface area contributed by atoms with Crippen LogP contribution in [0.2, 0.25) is 0 Å². The first-order valence-electron chi connectivity index (χ1n) is 7.91.